The van der Waals surface area contributed by atoms with Crippen LogP contribution in [0, 0.1) is 0 Å². The third kappa shape index (κ3) is 4.43. The number of aryl methyl sites for hydroxylation is 2. The Morgan fingerprint density at radius 2 is 1.86 bits per heavy atom. The van der Waals surface area contributed by atoms with E-state index in [4.69, 9.17) is 10.7 Å². The van der Waals surface area contributed by atoms with E-state index in [1.165, 1.54) is 16.8 Å². The Morgan fingerprint density at radius 1 is 1.11 bits per heavy atom. The Hall–Kier alpha value is -4.20. The predicted octanol–water partition coefficient (Wildman–Crippen LogP) is 0.441. The van der Waals surface area contributed by atoms with E-state index in [1.54, 1.807) is 13.2 Å². The Morgan fingerprint density at radius 3 is 2.65 bits per heavy atom. The highest BCUT2D eigenvalue weighted by atomic mass is 16.1. The first-order valence-corrected chi connectivity index (χ1v) is 12.7. The number of amidine groups is 1. The highest BCUT2D eigenvalue weighted by Crippen LogP contribution is 2.24. The molecule has 3 aliphatic rings. The van der Waals surface area contributed by atoms with Gasteiger partial charge in [-0.3, -0.25) is 14.4 Å². The molecule has 3 aromatic rings. The van der Waals surface area contributed by atoms with Gasteiger partial charge in [0.2, 0.25) is 11.7 Å². The van der Waals surface area contributed by atoms with Crippen LogP contribution >= 0.6 is 0 Å². The Balaban J connectivity index is 1.39. The lowest BCUT2D eigenvalue weighted by Gasteiger charge is -2.29. The molecule has 0 spiro atoms. The van der Waals surface area contributed by atoms with Gasteiger partial charge in [0, 0.05) is 62.4 Å². The van der Waals surface area contributed by atoms with Gasteiger partial charge in [0.25, 0.3) is 0 Å². The summed E-state index contributed by atoms with van der Waals surface area (Å²) in [4.78, 5) is 28.9. The molecule has 2 aromatic carbocycles. The third-order valence-electron chi connectivity index (χ3n) is 7.25. The zero-order chi connectivity index (χ0) is 25.4. The van der Waals surface area contributed by atoms with Gasteiger partial charge < -0.3 is 21.3 Å². The summed E-state index contributed by atoms with van der Waals surface area (Å²) in [5, 5.41) is 7.02. The van der Waals surface area contributed by atoms with Crippen molar-refractivity contribution in [2.75, 3.05) is 43.4 Å². The van der Waals surface area contributed by atoms with E-state index in [2.05, 4.69) is 61.7 Å². The molecule has 0 saturated carbocycles. The summed E-state index contributed by atoms with van der Waals surface area (Å²) in [7, 11) is 1.57. The number of nitrogens with zero attached hydrogens (tertiary/aromatic N) is 5. The van der Waals surface area contributed by atoms with Crippen LogP contribution in [-0.2, 0) is 12.8 Å². The van der Waals surface area contributed by atoms with Gasteiger partial charge in [-0.2, -0.15) is 4.99 Å². The molecule has 1 unspecified atom stereocenters. The molecule has 1 aliphatic carbocycles. The van der Waals surface area contributed by atoms with Gasteiger partial charge in [-0.25, -0.2) is 4.99 Å². The van der Waals surface area contributed by atoms with Crippen molar-refractivity contribution >= 4 is 23.1 Å². The van der Waals surface area contributed by atoms with Gasteiger partial charge in [-0.15, -0.1) is 0 Å². The number of fused-ring (bicyclic) bond motifs is 2. The average Bonchev–Trinajstić information content (AvgIpc) is 3.42. The number of pyridine rings is 1. The summed E-state index contributed by atoms with van der Waals surface area (Å²) in [5.41, 5.74) is 12.4. The van der Waals surface area contributed by atoms with Crippen LogP contribution in [0.2, 0.25) is 0 Å². The molecule has 188 valence electrons. The molecule has 4 N–H and O–H groups in total. The van der Waals surface area contributed by atoms with Crippen molar-refractivity contribution in [1.82, 2.24) is 9.88 Å². The van der Waals surface area contributed by atoms with Crippen LogP contribution in [0.25, 0.3) is 5.69 Å². The minimum atomic E-state index is -0.611. The molecule has 0 amide bonds. The summed E-state index contributed by atoms with van der Waals surface area (Å²) in [6.45, 7) is 3.98. The SMILES string of the molecule is CN=C(N)c1cn(-c2ccc3c(c2)CCC3)c2c(c1=O)=C=NC(Nc1ccc(N3CCNCC3)cc1)N=2. The van der Waals surface area contributed by atoms with Crippen molar-refractivity contribution in [2.45, 2.75) is 25.6 Å². The zero-order valence-corrected chi connectivity index (χ0v) is 20.9. The highest BCUT2D eigenvalue weighted by Gasteiger charge is 2.18. The summed E-state index contributed by atoms with van der Waals surface area (Å²) < 4.78 is 1.91. The van der Waals surface area contributed by atoms with Gasteiger partial charge in [0.1, 0.15) is 11.1 Å². The molecule has 1 aromatic heterocycles. The van der Waals surface area contributed by atoms with Crippen LogP contribution in [0.1, 0.15) is 23.1 Å². The number of rotatable bonds is 5. The standard InChI is InChI=1S/C28H30N8O/c1-30-26(29)24-17-36(22-8-5-18-3-2-4-19(18)15-22)27-23(25(24)37)16-32-28(34-27)33-20-6-9-21(10-7-20)35-13-11-31-12-14-35/h5-10,15,17,28,31,33H,2-4,11-14H2,1H3,(H2,29,30). The van der Waals surface area contributed by atoms with Gasteiger partial charge in [0.15, 0.2) is 5.49 Å². The first-order valence-electron chi connectivity index (χ1n) is 12.7. The molecule has 1 atom stereocenters. The lowest BCUT2D eigenvalue weighted by molar-refractivity contribution is 0.589. The number of benzene rings is 2. The van der Waals surface area contributed by atoms with Crippen LogP contribution in [0.5, 0.6) is 0 Å². The van der Waals surface area contributed by atoms with E-state index < -0.39 is 6.29 Å². The molecule has 3 heterocycles. The van der Waals surface area contributed by atoms with Crippen molar-refractivity contribution in [3.8, 4) is 5.69 Å². The summed E-state index contributed by atoms with van der Waals surface area (Å²) in [5.74, 6) is 3.13. The Labute approximate surface area is 214 Å². The quantitative estimate of drug-likeness (QED) is 0.352. The number of aromatic nitrogens is 1. The second-order valence-electron chi connectivity index (χ2n) is 9.53. The van der Waals surface area contributed by atoms with Crippen LogP contribution in [0.15, 0.2) is 68.4 Å². The Kier molecular flexibility index (Phi) is 6.08. The van der Waals surface area contributed by atoms with E-state index in [0.717, 1.165) is 56.8 Å². The molecule has 0 radical (unpaired) electrons. The van der Waals surface area contributed by atoms with Crippen LogP contribution < -0.4 is 37.4 Å². The van der Waals surface area contributed by atoms with E-state index >= 15 is 0 Å². The minimum absolute atomic E-state index is 0.175. The van der Waals surface area contributed by atoms with Gasteiger partial charge in [-0.1, -0.05) is 6.07 Å². The number of piperazine rings is 1. The van der Waals surface area contributed by atoms with Gasteiger partial charge in [-0.05, 0) is 66.8 Å². The van der Waals surface area contributed by atoms with Crippen LogP contribution in [0.3, 0.4) is 0 Å². The molecule has 9 heteroatoms. The fraction of sp³-hybridized carbons (Fsp3) is 0.321. The normalized spacial score (nSPS) is 18.6. The van der Waals surface area contributed by atoms with Crippen LogP contribution in [-0.4, -0.2) is 55.8 Å². The molecule has 6 rings (SSSR count). The number of aliphatic imine (C=N–C) groups is 2. The smallest absolute Gasteiger partial charge is 0.224 e. The number of hydrogen-bond donors (Lipinski definition) is 3. The number of nitrogens with one attached hydrogen (secondary N) is 2. The first-order chi connectivity index (χ1) is 18.1. The largest absolute Gasteiger partial charge is 0.383 e. The lowest BCUT2D eigenvalue weighted by atomic mass is 10.1. The molecule has 9 nitrogen and oxygen atoms in total. The van der Waals surface area contributed by atoms with Crippen molar-refractivity contribution in [1.29, 1.82) is 0 Å². The van der Waals surface area contributed by atoms with E-state index in [9.17, 15) is 4.79 Å². The van der Waals surface area contributed by atoms with Crippen molar-refractivity contribution in [2.24, 2.45) is 20.7 Å². The summed E-state index contributed by atoms with van der Waals surface area (Å²) in [6, 6.07) is 14.7. The summed E-state index contributed by atoms with van der Waals surface area (Å²) >= 11 is 0. The molecule has 2 aliphatic heterocycles. The maximum atomic E-state index is 13.3. The Bertz CT molecular complexity index is 1590. The third-order valence-corrected chi connectivity index (χ3v) is 7.25. The number of anilines is 2. The minimum Gasteiger partial charge on any atom is -0.383 e. The van der Waals surface area contributed by atoms with E-state index in [1.807, 2.05) is 16.7 Å². The van der Waals surface area contributed by atoms with Crippen LogP contribution in [0.4, 0.5) is 11.4 Å². The molecule has 1 saturated heterocycles. The number of nitrogens with two attached hydrogens (primary N) is 1. The number of hydrogen-bond acceptors (Lipinski definition) is 7. The molecule has 37 heavy (non-hydrogen) atoms. The topological polar surface area (TPSA) is 112 Å². The average molecular weight is 495 g/mol. The fourth-order valence-corrected chi connectivity index (χ4v) is 5.22. The van der Waals surface area contributed by atoms with Gasteiger partial charge >= 0.3 is 0 Å². The summed E-state index contributed by atoms with van der Waals surface area (Å²) in [6.07, 6.45) is 4.43. The fourth-order valence-electron chi connectivity index (χ4n) is 5.22. The molecular weight excluding hydrogens is 464 g/mol. The van der Waals surface area contributed by atoms with Crippen molar-refractivity contribution in [3.63, 3.8) is 0 Å². The molecule has 1 fully saturated rings. The second-order valence-corrected chi connectivity index (χ2v) is 9.53. The maximum absolute atomic E-state index is 13.3. The van der Waals surface area contributed by atoms with Gasteiger partial charge in [0.05, 0.1) is 5.56 Å². The van der Waals surface area contributed by atoms with E-state index in [-0.39, 0.29) is 16.5 Å². The monoisotopic (exact) mass is 494 g/mol. The van der Waals surface area contributed by atoms with Crippen molar-refractivity contribution < 1.29 is 0 Å². The second kappa shape index (κ2) is 9.69. The molecular formula is C28H30N8O. The first kappa shape index (κ1) is 23.2. The predicted molar refractivity (Wildman–Crippen MR) is 147 cm³/mol. The van der Waals surface area contributed by atoms with E-state index in [0.29, 0.717) is 11.1 Å². The zero-order valence-electron chi connectivity index (χ0n) is 20.9. The lowest BCUT2D eigenvalue weighted by Crippen LogP contribution is -2.51. The maximum Gasteiger partial charge on any atom is 0.224 e. The highest BCUT2D eigenvalue weighted by molar-refractivity contribution is 5.97. The molecule has 0 bridgehead atoms. The van der Waals surface area contributed by atoms with Crippen molar-refractivity contribution in [3.05, 3.63) is 86.3 Å².